The fraction of sp³-hybridized carbons (Fsp3) is 1.00. The van der Waals surface area contributed by atoms with Crippen LogP contribution in [0.15, 0.2) is 0 Å². The third-order valence-electron chi connectivity index (χ3n) is 3.07. The molecule has 0 spiro atoms. The smallest absolute Gasteiger partial charge is 0.216 e. The Morgan fingerprint density at radius 2 is 1.87 bits per heavy atom. The molecule has 1 heterocycles. The van der Waals surface area contributed by atoms with Crippen LogP contribution in [-0.2, 0) is 10.0 Å². The van der Waals surface area contributed by atoms with E-state index in [0.29, 0.717) is 19.0 Å². The molecule has 0 aromatic heterocycles. The van der Waals surface area contributed by atoms with Crippen LogP contribution in [-0.4, -0.2) is 42.8 Å². The van der Waals surface area contributed by atoms with Crippen LogP contribution < -0.4 is 0 Å². The minimum absolute atomic E-state index is 0.210. The summed E-state index contributed by atoms with van der Waals surface area (Å²) in [6.45, 7) is 4.88. The summed E-state index contributed by atoms with van der Waals surface area (Å²) in [6.07, 6.45) is 2.56. The van der Waals surface area contributed by atoms with Crippen LogP contribution in [0.5, 0.6) is 0 Å². The van der Waals surface area contributed by atoms with Crippen molar-refractivity contribution in [3.63, 3.8) is 0 Å². The summed E-state index contributed by atoms with van der Waals surface area (Å²) in [4.78, 5) is 0. The van der Waals surface area contributed by atoms with E-state index in [0.717, 1.165) is 19.3 Å². The number of aliphatic hydroxyl groups excluding tert-OH is 1. The summed E-state index contributed by atoms with van der Waals surface area (Å²) in [7, 11) is -3.07. The van der Waals surface area contributed by atoms with Crippen molar-refractivity contribution in [2.24, 2.45) is 5.92 Å². The highest BCUT2D eigenvalue weighted by molar-refractivity contribution is 7.89. The highest BCUT2D eigenvalue weighted by Crippen LogP contribution is 2.23. The predicted octanol–water partition coefficient (Wildman–Crippen LogP) is 0.819. The minimum atomic E-state index is -3.07. The van der Waals surface area contributed by atoms with Gasteiger partial charge in [0.25, 0.3) is 0 Å². The first-order valence-corrected chi connectivity index (χ1v) is 7.08. The van der Waals surface area contributed by atoms with E-state index >= 15 is 0 Å². The minimum Gasteiger partial charge on any atom is -0.396 e. The fourth-order valence-electron chi connectivity index (χ4n) is 1.93. The molecule has 0 aromatic carbocycles. The Kier molecular flexibility index (Phi) is 4.55. The van der Waals surface area contributed by atoms with Crippen molar-refractivity contribution >= 4 is 10.0 Å². The van der Waals surface area contributed by atoms with E-state index < -0.39 is 10.0 Å². The Hall–Kier alpha value is -0.130. The van der Waals surface area contributed by atoms with Gasteiger partial charge in [0.05, 0.1) is 5.25 Å². The topological polar surface area (TPSA) is 57.6 Å². The lowest BCUT2D eigenvalue weighted by Crippen LogP contribution is -2.42. The predicted molar refractivity (Wildman–Crippen MR) is 60.1 cm³/mol. The first-order chi connectivity index (χ1) is 6.98. The van der Waals surface area contributed by atoms with Crippen molar-refractivity contribution in [2.75, 3.05) is 19.7 Å². The monoisotopic (exact) mass is 235 g/mol. The van der Waals surface area contributed by atoms with E-state index in [1.807, 2.05) is 0 Å². The van der Waals surface area contributed by atoms with Gasteiger partial charge in [-0.05, 0) is 39.0 Å². The van der Waals surface area contributed by atoms with Gasteiger partial charge in [-0.1, -0.05) is 0 Å². The van der Waals surface area contributed by atoms with Crippen molar-refractivity contribution in [3.05, 3.63) is 0 Å². The maximum Gasteiger partial charge on any atom is 0.216 e. The first-order valence-electron chi connectivity index (χ1n) is 5.58. The molecule has 0 aromatic rings. The summed E-state index contributed by atoms with van der Waals surface area (Å²) in [6, 6.07) is 0. The number of hydrogen-bond donors (Lipinski definition) is 1. The average Bonchev–Trinajstić information content (AvgIpc) is 2.19. The molecule has 4 nitrogen and oxygen atoms in total. The fourth-order valence-corrected chi connectivity index (χ4v) is 3.25. The third-order valence-corrected chi connectivity index (χ3v) is 5.34. The molecule has 0 unspecified atom stereocenters. The zero-order chi connectivity index (χ0) is 11.5. The summed E-state index contributed by atoms with van der Waals surface area (Å²) in [5, 5.41) is 8.47. The number of piperidine rings is 1. The van der Waals surface area contributed by atoms with Gasteiger partial charge >= 0.3 is 0 Å². The largest absolute Gasteiger partial charge is 0.396 e. The van der Waals surface area contributed by atoms with E-state index in [1.54, 1.807) is 18.2 Å². The van der Waals surface area contributed by atoms with Crippen LogP contribution in [0, 0.1) is 5.92 Å². The number of aliphatic hydroxyl groups is 1. The van der Waals surface area contributed by atoms with Crippen molar-refractivity contribution in [3.8, 4) is 0 Å². The Balaban J connectivity index is 2.51. The molecule has 0 bridgehead atoms. The molecular weight excluding hydrogens is 214 g/mol. The molecule has 0 amide bonds. The zero-order valence-corrected chi connectivity index (χ0v) is 10.3. The summed E-state index contributed by atoms with van der Waals surface area (Å²) in [5.41, 5.74) is 0. The summed E-state index contributed by atoms with van der Waals surface area (Å²) >= 11 is 0. The molecule has 1 aliphatic heterocycles. The molecule has 0 saturated carbocycles. The van der Waals surface area contributed by atoms with Gasteiger partial charge in [0.2, 0.25) is 10.0 Å². The molecule has 1 aliphatic rings. The molecule has 1 rings (SSSR count). The average molecular weight is 235 g/mol. The van der Waals surface area contributed by atoms with Crippen molar-refractivity contribution < 1.29 is 13.5 Å². The number of nitrogens with zero attached hydrogens (tertiary/aromatic N) is 1. The lowest BCUT2D eigenvalue weighted by Gasteiger charge is -2.32. The second-order valence-electron chi connectivity index (χ2n) is 4.45. The third kappa shape index (κ3) is 3.16. The highest BCUT2D eigenvalue weighted by atomic mass is 32.2. The Labute approximate surface area is 92.3 Å². The van der Waals surface area contributed by atoms with Gasteiger partial charge in [-0.2, -0.15) is 0 Å². The summed E-state index contributed by atoms with van der Waals surface area (Å²) < 4.78 is 25.2. The highest BCUT2D eigenvalue weighted by Gasteiger charge is 2.29. The molecule has 1 N–H and O–H groups in total. The maximum absolute atomic E-state index is 11.8. The van der Waals surface area contributed by atoms with E-state index in [4.69, 9.17) is 5.11 Å². The van der Waals surface area contributed by atoms with Crippen LogP contribution in [0.4, 0.5) is 0 Å². The van der Waals surface area contributed by atoms with Gasteiger partial charge in [0.15, 0.2) is 0 Å². The van der Waals surface area contributed by atoms with Crippen molar-refractivity contribution in [1.29, 1.82) is 0 Å². The van der Waals surface area contributed by atoms with Gasteiger partial charge in [0.1, 0.15) is 0 Å². The standard InChI is InChI=1S/C10H21NO3S/c1-9(2)15(13,14)11-6-3-10(4-7-11)5-8-12/h9-10,12H,3-8H2,1-2H3. The molecule has 1 saturated heterocycles. The molecule has 0 atom stereocenters. The van der Waals surface area contributed by atoms with Crippen LogP contribution in [0.2, 0.25) is 0 Å². The van der Waals surface area contributed by atoms with Gasteiger partial charge in [-0.3, -0.25) is 0 Å². The van der Waals surface area contributed by atoms with Gasteiger partial charge in [0, 0.05) is 19.7 Å². The van der Waals surface area contributed by atoms with Crippen LogP contribution in [0.1, 0.15) is 33.1 Å². The zero-order valence-electron chi connectivity index (χ0n) is 9.52. The second-order valence-corrected chi connectivity index (χ2v) is 6.94. The SMILES string of the molecule is CC(C)S(=O)(=O)N1CCC(CCO)CC1. The van der Waals surface area contributed by atoms with Crippen molar-refractivity contribution in [1.82, 2.24) is 4.31 Å². The van der Waals surface area contributed by atoms with Gasteiger partial charge in [-0.15, -0.1) is 0 Å². The maximum atomic E-state index is 11.8. The second kappa shape index (κ2) is 5.27. The lowest BCUT2D eigenvalue weighted by atomic mass is 9.95. The molecule has 5 heteroatoms. The van der Waals surface area contributed by atoms with Gasteiger partial charge < -0.3 is 5.11 Å². The first kappa shape index (κ1) is 12.9. The van der Waals surface area contributed by atoms with Crippen LogP contribution >= 0.6 is 0 Å². The summed E-state index contributed by atoms with van der Waals surface area (Å²) in [5.74, 6) is 0.494. The normalized spacial score (nSPS) is 21.1. The van der Waals surface area contributed by atoms with Crippen LogP contribution in [0.3, 0.4) is 0 Å². The number of sulfonamides is 1. The molecule has 0 radical (unpaired) electrons. The molecule has 1 fully saturated rings. The van der Waals surface area contributed by atoms with E-state index in [9.17, 15) is 8.42 Å². The number of hydrogen-bond acceptors (Lipinski definition) is 3. The van der Waals surface area contributed by atoms with Gasteiger partial charge in [-0.25, -0.2) is 12.7 Å². The molecule has 90 valence electrons. The van der Waals surface area contributed by atoms with E-state index in [1.165, 1.54) is 0 Å². The van der Waals surface area contributed by atoms with E-state index in [2.05, 4.69) is 0 Å². The molecule has 15 heavy (non-hydrogen) atoms. The Morgan fingerprint density at radius 3 is 2.27 bits per heavy atom. The Morgan fingerprint density at radius 1 is 1.33 bits per heavy atom. The molecular formula is C10H21NO3S. The van der Waals surface area contributed by atoms with Crippen LogP contribution in [0.25, 0.3) is 0 Å². The van der Waals surface area contributed by atoms with Crippen molar-refractivity contribution in [2.45, 2.75) is 38.4 Å². The molecule has 0 aliphatic carbocycles. The Bertz CT molecular complexity index is 279. The quantitative estimate of drug-likeness (QED) is 0.785. The van der Waals surface area contributed by atoms with E-state index in [-0.39, 0.29) is 11.9 Å². The number of rotatable bonds is 4. The lowest BCUT2D eigenvalue weighted by molar-refractivity contribution is 0.207.